The number of nitrogens with zero attached hydrogens (tertiary/aromatic N) is 2. The molecule has 1 aromatic rings. The highest BCUT2D eigenvalue weighted by Gasteiger charge is 2.22. The van der Waals surface area contributed by atoms with Crippen LogP contribution in [0.5, 0.6) is 0 Å². The van der Waals surface area contributed by atoms with Crippen LogP contribution in [-0.4, -0.2) is 48.9 Å². The first kappa shape index (κ1) is 16.6. The van der Waals surface area contributed by atoms with Gasteiger partial charge in [0.2, 0.25) is 5.91 Å². The van der Waals surface area contributed by atoms with Crippen LogP contribution in [0.15, 0.2) is 18.2 Å². The van der Waals surface area contributed by atoms with E-state index in [2.05, 4.69) is 11.9 Å². The summed E-state index contributed by atoms with van der Waals surface area (Å²) in [6, 6.07) is 5.83. The van der Waals surface area contributed by atoms with Crippen LogP contribution in [0, 0.1) is 0 Å². The van der Waals surface area contributed by atoms with Crippen LogP contribution in [-0.2, 0) is 11.2 Å². The van der Waals surface area contributed by atoms with Gasteiger partial charge in [-0.3, -0.25) is 4.79 Å². The van der Waals surface area contributed by atoms with Crippen LogP contribution in [0.3, 0.4) is 0 Å². The second-order valence-electron chi connectivity index (χ2n) is 5.83. The Morgan fingerprint density at radius 3 is 2.76 bits per heavy atom. The van der Waals surface area contributed by atoms with Crippen LogP contribution in [0.1, 0.15) is 24.8 Å². The number of carbonyl (C=O) groups excluding carboxylic acids is 1. The maximum absolute atomic E-state index is 12.3. The van der Waals surface area contributed by atoms with Crippen molar-refractivity contribution in [3.05, 3.63) is 33.8 Å². The fourth-order valence-electron chi connectivity index (χ4n) is 2.75. The summed E-state index contributed by atoms with van der Waals surface area (Å²) in [6.45, 7) is 1.91. The lowest BCUT2D eigenvalue weighted by molar-refractivity contribution is -0.130. The molecule has 1 aliphatic rings. The number of halogens is 2. The van der Waals surface area contributed by atoms with Gasteiger partial charge in [0.1, 0.15) is 0 Å². The largest absolute Gasteiger partial charge is 0.344 e. The molecule has 0 radical (unpaired) electrons. The first-order chi connectivity index (χ1) is 9.97. The van der Waals surface area contributed by atoms with Crippen molar-refractivity contribution in [2.24, 2.45) is 0 Å². The van der Waals surface area contributed by atoms with Gasteiger partial charge in [-0.15, -0.1) is 0 Å². The van der Waals surface area contributed by atoms with Crippen LogP contribution in [0.4, 0.5) is 0 Å². The summed E-state index contributed by atoms with van der Waals surface area (Å²) in [5.74, 6) is 0.118. The molecule has 0 aromatic heterocycles. The van der Waals surface area contributed by atoms with E-state index < -0.39 is 0 Å². The summed E-state index contributed by atoms with van der Waals surface area (Å²) in [7, 11) is 4.02. The molecule has 21 heavy (non-hydrogen) atoms. The van der Waals surface area contributed by atoms with Gasteiger partial charge in [-0.05, 0) is 44.1 Å². The van der Waals surface area contributed by atoms with Crippen molar-refractivity contribution in [1.29, 1.82) is 0 Å². The molecule has 1 atom stereocenters. The van der Waals surface area contributed by atoms with Crippen LogP contribution in [0.2, 0.25) is 10.0 Å². The topological polar surface area (TPSA) is 23.6 Å². The first-order valence-corrected chi connectivity index (χ1v) is 8.11. The molecule has 1 aromatic carbocycles. The Labute approximate surface area is 136 Å². The molecular formula is C16H22Cl2N2O. The van der Waals surface area contributed by atoms with Crippen molar-refractivity contribution in [1.82, 2.24) is 9.80 Å². The highest BCUT2D eigenvalue weighted by Crippen LogP contribution is 2.23. The van der Waals surface area contributed by atoms with Crippen LogP contribution >= 0.6 is 23.2 Å². The lowest BCUT2D eigenvalue weighted by Crippen LogP contribution is -2.45. The van der Waals surface area contributed by atoms with Crippen molar-refractivity contribution in [2.45, 2.75) is 31.7 Å². The summed E-state index contributed by atoms with van der Waals surface area (Å²) in [6.07, 6.45) is 4.04. The number of piperidine rings is 1. The Bertz CT molecular complexity index is 507. The molecule has 1 amide bonds. The van der Waals surface area contributed by atoms with E-state index in [-0.39, 0.29) is 5.91 Å². The zero-order valence-corrected chi connectivity index (χ0v) is 14.1. The smallest absolute Gasteiger partial charge is 0.226 e. The van der Waals surface area contributed by atoms with Crippen molar-refractivity contribution in [3.8, 4) is 0 Å². The Morgan fingerprint density at radius 1 is 1.33 bits per heavy atom. The Hall–Kier alpha value is -0.770. The molecular weight excluding hydrogens is 307 g/mol. The third-order valence-corrected chi connectivity index (χ3v) is 4.91. The Balaban J connectivity index is 1.91. The number of amides is 1. The quantitative estimate of drug-likeness (QED) is 0.844. The Kier molecular flexibility index (Phi) is 5.91. The average molecular weight is 329 g/mol. The minimum atomic E-state index is 0.118. The van der Waals surface area contributed by atoms with Gasteiger partial charge in [0, 0.05) is 19.6 Å². The minimum absolute atomic E-state index is 0.118. The van der Waals surface area contributed by atoms with Gasteiger partial charge in [0.05, 0.1) is 16.5 Å². The monoisotopic (exact) mass is 328 g/mol. The molecule has 1 aliphatic heterocycles. The van der Waals surface area contributed by atoms with E-state index >= 15 is 0 Å². The summed E-state index contributed by atoms with van der Waals surface area (Å²) < 4.78 is 0. The second-order valence-corrected chi connectivity index (χ2v) is 6.64. The van der Waals surface area contributed by atoms with Gasteiger partial charge in [-0.1, -0.05) is 35.7 Å². The van der Waals surface area contributed by atoms with Crippen molar-refractivity contribution in [3.63, 3.8) is 0 Å². The zero-order chi connectivity index (χ0) is 15.4. The summed E-state index contributed by atoms with van der Waals surface area (Å²) in [5, 5.41) is 1.02. The van der Waals surface area contributed by atoms with Gasteiger partial charge in [0.15, 0.2) is 0 Å². The second kappa shape index (κ2) is 7.48. The van der Waals surface area contributed by atoms with Gasteiger partial charge >= 0.3 is 0 Å². The molecule has 0 bridgehead atoms. The molecule has 116 valence electrons. The number of hydrogen-bond donors (Lipinski definition) is 0. The molecule has 1 fully saturated rings. The van der Waals surface area contributed by atoms with Gasteiger partial charge < -0.3 is 9.80 Å². The van der Waals surface area contributed by atoms with E-state index in [0.717, 1.165) is 18.7 Å². The molecule has 0 aliphatic carbocycles. The molecule has 1 unspecified atom stereocenters. The number of likely N-dealkylation sites (N-methyl/N-ethyl adjacent to an activating group) is 2. The molecule has 1 heterocycles. The highest BCUT2D eigenvalue weighted by molar-refractivity contribution is 6.42. The predicted octanol–water partition coefficient (Wildman–Crippen LogP) is 3.48. The third kappa shape index (κ3) is 4.60. The lowest BCUT2D eigenvalue weighted by atomic mass is 10.0. The van der Waals surface area contributed by atoms with Gasteiger partial charge in [0.25, 0.3) is 0 Å². The van der Waals surface area contributed by atoms with E-state index in [9.17, 15) is 4.79 Å². The molecule has 0 saturated carbocycles. The van der Waals surface area contributed by atoms with Crippen LogP contribution < -0.4 is 0 Å². The lowest BCUT2D eigenvalue weighted by Gasteiger charge is -2.35. The number of carbonyl (C=O) groups is 1. The van der Waals surface area contributed by atoms with Gasteiger partial charge in [-0.2, -0.15) is 0 Å². The zero-order valence-electron chi connectivity index (χ0n) is 12.6. The fourth-order valence-corrected chi connectivity index (χ4v) is 3.07. The summed E-state index contributed by atoms with van der Waals surface area (Å²) >= 11 is 11.9. The van der Waals surface area contributed by atoms with Gasteiger partial charge in [-0.25, -0.2) is 0 Å². The minimum Gasteiger partial charge on any atom is -0.344 e. The summed E-state index contributed by atoms with van der Waals surface area (Å²) in [5.41, 5.74) is 0.901. The van der Waals surface area contributed by atoms with E-state index in [1.165, 1.54) is 19.3 Å². The molecule has 3 nitrogen and oxygen atoms in total. The molecule has 0 N–H and O–H groups in total. The molecule has 5 heteroatoms. The fraction of sp³-hybridized carbons (Fsp3) is 0.562. The van der Waals surface area contributed by atoms with Crippen LogP contribution in [0.25, 0.3) is 0 Å². The Morgan fingerprint density at radius 2 is 2.10 bits per heavy atom. The molecule has 1 saturated heterocycles. The number of rotatable bonds is 4. The maximum atomic E-state index is 12.3. The number of benzene rings is 1. The predicted molar refractivity (Wildman–Crippen MR) is 88.1 cm³/mol. The standard InChI is InChI=1S/C16H22Cl2N2O/c1-19-8-4-3-5-13(19)11-20(2)16(21)10-12-6-7-14(17)15(18)9-12/h6-7,9,13H,3-5,8,10-11H2,1-2H3. The SMILES string of the molecule is CN(CC1CCCCN1C)C(=O)Cc1ccc(Cl)c(Cl)c1. The van der Waals surface area contributed by atoms with E-state index in [0.29, 0.717) is 22.5 Å². The van der Waals surface area contributed by atoms with Crippen molar-refractivity contribution >= 4 is 29.1 Å². The highest BCUT2D eigenvalue weighted by atomic mass is 35.5. The molecule has 0 spiro atoms. The normalized spacial score (nSPS) is 19.5. The molecule has 2 rings (SSSR count). The number of likely N-dealkylation sites (tertiary alicyclic amines) is 1. The maximum Gasteiger partial charge on any atom is 0.226 e. The third-order valence-electron chi connectivity index (χ3n) is 4.17. The van der Waals surface area contributed by atoms with Crippen molar-refractivity contribution < 1.29 is 4.79 Å². The average Bonchev–Trinajstić information content (AvgIpc) is 2.45. The van der Waals surface area contributed by atoms with E-state index in [4.69, 9.17) is 23.2 Å². The van der Waals surface area contributed by atoms with E-state index in [1.54, 1.807) is 12.1 Å². The first-order valence-electron chi connectivity index (χ1n) is 7.35. The summed E-state index contributed by atoms with van der Waals surface area (Å²) in [4.78, 5) is 16.5. The van der Waals surface area contributed by atoms with E-state index in [1.807, 2.05) is 18.0 Å². The number of hydrogen-bond acceptors (Lipinski definition) is 2. The van der Waals surface area contributed by atoms with Crippen molar-refractivity contribution in [2.75, 3.05) is 27.2 Å².